The monoisotopic (exact) mass is 304 g/mol. The van der Waals surface area contributed by atoms with E-state index in [0.717, 1.165) is 17.8 Å². The molecule has 4 saturated carbocycles. The Labute approximate surface area is 135 Å². The summed E-state index contributed by atoms with van der Waals surface area (Å²) in [6.45, 7) is 10.1. The van der Waals surface area contributed by atoms with Crippen LogP contribution in [-0.4, -0.2) is 12.6 Å². The summed E-state index contributed by atoms with van der Waals surface area (Å²) < 4.78 is 5.95. The van der Waals surface area contributed by atoms with Crippen molar-refractivity contribution in [3.8, 4) is 0 Å². The summed E-state index contributed by atoms with van der Waals surface area (Å²) in [6.07, 6.45) is 7.94. The molecule has 0 aliphatic heterocycles. The zero-order valence-corrected chi connectivity index (χ0v) is 14.7. The van der Waals surface area contributed by atoms with Crippen LogP contribution in [0.3, 0.4) is 0 Å². The SMILES string of the molecule is CC1(C)C2CCC(C2)C1COC(=O)C1C2CCC(C2)C1(C)C. The van der Waals surface area contributed by atoms with Gasteiger partial charge in [0.15, 0.2) is 0 Å². The number of carbonyl (C=O) groups is 1. The normalized spacial score (nSPS) is 47.1. The van der Waals surface area contributed by atoms with Crippen molar-refractivity contribution in [3.63, 3.8) is 0 Å². The average molecular weight is 304 g/mol. The van der Waals surface area contributed by atoms with Gasteiger partial charge in [0, 0.05) is 5.92 Å². The number of rotatable bonds is 3. The zero-order chi connectivity index (χ0) is 15.7. The smallest absolute Gasteiger partial charge is 0.309 e. The van der Waals surface area contributed by atoms with Crippen LogP contribution in [0.5, 0.6) is 0 Å². The van der Waals surface area contributed by atoms with Gasteiger partial charge in [-0.2, -0.15) is 0 Å². The number of ether oxygens (including phenoxy) is 1. The molecule has 124 valence electrons. The van der Waals surface area contributed by atoms with E-state index in [0.29, 0.717) is 23.9 Å². The third kappa shape index (κ3) is 1.94. The minimum absolute atomic E-state index is 0.121. The minimum Gasteiger partial charge on any atom is -0.465 e. The minimum atomic E-state index is 0.121. The second-order valence-corrected chi connectivity index (χ2v) is 9.90. The van der Waals surface area contributed by atoms with Crippen LogP contribution in [-0.2, 0) is 9.53 Å². The first-order valence-corrected chi connectivity index (χ1v) is 9.48. The van der Waals surface area contributed by atoms with E-state index in [-0.39, 0.29) is 17.3 Å². The molecule has 4 aliphatic rings. The van der Waals surface area contributed by atoms with E-state index in [4.69, 9.17) is 4.74 Å². The molecular weight excluding hydrogens is 272 g/mol. The molecular formula is C20H32O2. The number of hydrogen-bond donors (Lipinski definition) is 0. The molecule has 2 heteroatoms. The Morgan fingerprint density at radius 2 is 1.50 bits per heavy atom. The van der Waals surface area contributed by atoms with Gasteiger partial charge in [0.25, 0.3) is 0 Å². The van der Waals surface area contributed by atoms with Crippen LogP contribution in [0.2, 0.25) is 0 Å². The molecule has 6 unspecified atom stereocenters. The first-order valence-electron chi connectivity index (χ1n) is 9.48. The Kier molecular flexibility index (Phi) is 3.24. The Morgan fingerprint density at radius 1 is 0.909 bits per heavy atom. The van der Waals surface area contributed by atoms with Crippen molar-refractivity contribution in [2.24, 2.45) is 46.3 Å². The van der Waals surface area contributed by atoms with Gasteiger partial charge in [-0.15, -0.1) is 0 Å². The lowest BCUT2D eigenvalue weighted by molar-refractivity contribution is -0.158. The Bertz CT molecular complexity index is 478. The molecule has 4 fully saturated rings. The van der Waals surface area contributed by atoms with Gasteiger partial charge in [-0.25, -0.2) is 0 Å². The molecule has 0 spiro atoms. The maximum absolute atomic E-state index is 12.8. The molecule has 4 bridgehead atoms. The van der Waals surface area contributed by atoms with Gasteiger partial charge in [-0.05, 0) is 73.0 Å². The second-order valence-electron chi connectivity index (χ2n) is 9.90. The van der Waals surface area contributed by atoms with Crippen molar-refractivity contribution in [1.29, 1.82) is 0 Å². The Morgan fingerprint density at radius 3 is 2.05 bits per heavy atom. The highest BCUT2D eigenvalue weighted by Crippen LogP contribution is 2.61. The van der Waals surface area contributed by atoms with Gasteiger partial charge >= 0.3 is 5.97 Å². The third-order valence-electron chi connectivity index (χ3n) is 8.51. The van der Waals surface area contributed by atoms with Crippen molar-refractivity contribution in [1.82, 2.24) is 0 Å². The molecule has 0 amide bonds. The summed E-state index contributed by atoms with van der Waals surface area (Å²) in [6, 6.07) is 0. The number of esters is 1. The lowest BCUT2D eigenvalue weighted by Gasteiger charge is -2.39. The highest BCUT2D eigenvalue weighted by atomic mass is 16.5. The molecule has 4 rings (SSSR count). The summed E-state index contributed by atoms with van der Waals surface area (Å²) in [5, 5.41) is 0. The summed E-state index contributed by atoms with van der Waals surface area (Å²) >= 11 is 0. The van der Waals surface area contributed by atoms with Crippen LogP contribution < -0.4 is 0 Å². The van der Waals surface area contributed by atoms with Gasteiger partial charge in [0.2, 0.25) is 0 Å². The number of hydrogen-bond acceptors (Lipinski definition) is 2. The first-order chi connectivity index (χ1) is 10.3. The highest BCUT2D eigenvalue weighted by molar-refractivity contribution is 5.74. The summed E-state index contributed by atoms with van der Waals surface area (Å²) in [5.41, 5.74) is 0.525. The Balaban J connectivity index is 1.41. The van der Waals surface area contributed by atoms with E-state index in [9.17, 15) is 4.79 Å². The molecule has 6 atom stereocenters. The van der Waals surface area contributed by atoms with E-state index >= 15 is 0 Å². The van der Waals surface area contributed by atoms with E-state index in [2.05, 4.69) is 27.7 Å². The maximum Gasteiger partial charge on any atom is 0.309 e. The molecule has 0 N–H and O–H groups in total. The van der Waals surface area contributed by atoms with Gasteiger partial charge in [0.05, 0.1) is 12.5 Å². The van der Waals surface area contributed by atoms with Gasteiger partial charge in [-0.3, -0.25) is 4.79 Å². The van der Waals surface area contributed by atoms with Gasteiger partial charge in [0.1, 0.15) is 0 Å². The topological polar surface area (TPSA) is 26.3 Å². The molecule has 0 aromatic carbocycles. The fraction of sp³-hybridized carbons (Fsp3) is 0.950. The van der Waals surface area contributed by atoms with Crippen LogP contribution in [0.1, 0.15) is 66.2 Å². The summed E-state index contributed by atoms with van der Waals surface area (Å²) in [7, 11) is 0. The third-order valence-corrected chi connectivity index (χ3v) is 8.51. The van der Waals surface area contributed by atoms with Gasteiger partial charge < -0.3 is 4.74 Å². The Hall–Kier alpha value is -0.530. The standard InChI is InChI=1S/C20H32O2/c1-19(2)14-7-5-12(9-14)16(19)11-22-18(21)17-13-6-8-15(10-13)20(17,3)4/h12-17H,5-11H2,1-4H3. The fourth-order valence-electron chi connectivity index (χ4n) is 6.93. The molecule has 0 heterocycles. The van der Waals surface area contributed by atoms with E-state index in [1.54, 1.807) is 0 Å². The predicted molar refractivity (Wildman–Crippen MR) is 87.2 cm³/mol. The van der Waals surface area contributed by atoms with Crippen LogP contribution in [0.25, 0.3) is 0 Å². The van der Waals surface area contributed by atoms with Crippen molar-refractivity contribution in [2.45, 2.75) is 66.2 Å². The van der Waals surface area contributed by atoms with Crippen molar-refractivity contribution in [2.75, 3.05) is 6.61 Å². The van der Waals surface area contributed by atoms with Crippen molar-refractivity contribution in [3.05, 3.63) is 0 Å². The van der Waals surface area contributed by atoms with E-state index in [1.165, 1.54) is 38.5 Å². The summed E-state index contributed by atoms with van der Waals surface area (Å²) in [5.74, 6) is 3.89. The lowest BCUT2D eigenvalue weighted by Crippen LogP contribution is -2.40. The average Bonchev–Trinajstić information content (AvgIpc) is 3.13. The van der Waals surface area contributed by atoms with E-state index in [1.807, 2.05) is 0 Å². The van der Waals surface area contributed by atoms with E-state index < -0.39 is 0 Å². The zero-order valence-electron chi connectivity index (χ0n) is 14.7. The first kappa shape index (κ1) is 15.0. The number of fused-ring (bicyclic) bond motifs is 4. The van der Waals surface area contributed by atoms with Crippen LogP contribution in [0, 0.1) is 46.3 Å². The fourth-order valence-corrected chi connectivity index (χ4v) is 6.93. The molecule has 2 nitrogen and oxygen atoms in total. The molecule has 0 radical (unpaired) electrons. The largest absolute Gasteiger partial charge is 0.465 e. The van der Waals surface area contributed by atoms with Crippen LogP contribution in [0.4, 0.5) is 0 Å². The molecule has 4 aliphatic carbocycles. The number of carbonyl (C=O) groups excluding carboxylic acids is 1. The maximum atomic E-state index is 12.8. The highest BCUT2D eigenvalue weighted by Gasteiger charge is 2.57. The van der Waals surface area contributed by atoms with Crippen LogP contribution in [0.15, 0.2) is 0 Å². The van der Waals surface area contributed by atoms with Crippen molar-refractivity contribution >= 4 is 5.97 Å². The molecule has 0 aromatic rings. The quantitative estimate of drug-likeness (QED) is 0.708. The molecule has 22 heavy (non-hydrogen) atoms. The van der Waals surface area contributed by atoms with Gasteiger partial charge in [-0.1, -0.05) is 27.7 Å². The lowest BCUT2D eigenvalue weighted by atomic mass is 9.68. The molecule has 0 saturated heterocycles. The summed E-state index contributed by atoms with van der Waals surface area (Å²) in [4.78, 5) is 12.8. The second kappa shape index (κ2) is 4.74. The predicted octanol–water partition coefficient (Wildman–Crippen LogP) is 4.67. The van der Waals surface area contributed by atoms with Crippen molar-refractivity contribution < 1.29 is 9.53 Å². The molecule has 0 aromatic heterocycles. The van der Waals surface area contributed by atoms with Crippen LogP contribution >= 0.6 is 0 Å².